The Bertz CT molecular complexity index is 638. The molecule has 1 N–H and O–H groups in total. The predicted molar refractivity (Wildman–Crippen MR) is 94.8 cm³/mol. The number of aryl methyl sites for hydroxylation is 1. The maximum Gasteiger partial charge on any atom is 0.137 e. The van der Waals surface area contributed by atoms with Crippen molar-refractivity contribution in [2.75, 3.05) is 19.7 Å². The summed E-state index contributed by atoms with van der Waals surface area (Å²) in [6, 6.07) is 6.11. The van der Waals surface area contributed by atoms with Crippen LogP contribution in [0.5, 0.6) is 0 Å². The van der Waals surface area contributed by atoms with Crippen molar-refractivity contribution in [2.24, 2.45) is 13.0 Å². The van der Waals surface area contributed by atoms with Gasteiger partial charge in [-0.25, -0.2) is 4.98 Å². The second-order valence-electron chi connectivity index (χ2n) is 7.32. The van der Waals surface area contributed by atoms with E-state index >= 15 is 0 Å². The van der Waals surface area contributed by atoms with Gasteiger partial charge in [0.25, 0.3) is 0 Å². The van der Waals surface area contributed by atoms with E-state index in [1.165, 1.54) is 6.42 Å². The van der Waals surface area contributed by atoms with Crippen LogP contribution in [0.4, 0.5) is 0 Å². The maximum atomic E-state index is 6.05. The first-order valence-corrected chi connectivity index (χ1v) is 8.79. The fourth-order valence-electron chi connectivity index (χ4n) is 3.41. The molecular formula is C19H28N4O. The molecule has 0 unspecified atom stereocenters. The highest BCUT2D eigenvalue weighted by Crippen LogP contribution is 2.32. The predicted octanol–water partition coefficient (Wildman–Crippen LogP) is 2.85. The molecule has 5 heteroatoms. The van der Waals surface area contributed by atoms with Crippen LogP contribution in [0.1, 0.15) is 44.3 Å². The number of rotatable bonds is 6. The van der Waals surface area contributed by atoms with E-state index in [1.807, 2.05) is 31.7 Å². The van der Waals surface area contributed by atoms with Crippen LogP contribution >= 0.6 is 0 Å². The first-order valence-electron chi connectivity index (χ1n) is 8.79. The number of pyridine rings is 1. The molecule has 0 amide bonds. The number of hydrogen-bond acceptors (Lipinski definition) is 4. The van der Waals surface area contributed by atoms with Gasteiger partial charge in [0.15, 0.2) is 0 Å². The van der Waals surface area contributed by atoms with Crippen molar-refractivity contribution in [1.82, 2.24) is 19.9 Å². The monoisotopic (exact) mass is 328 g/mol. The largest absolute Gasteiger partial charge is 0.370 e. The molecule has 130 valence electrons. The van der Waals surface area contributed by atoms with Gasteiger partial charge in [-0.1, -0.05) is 19.9 Å². The van der Waals surface area contributed by atoms with Gasteiger partial charge in [-0.3, -0.25) is 4.98 Å². The van der Waals surface area contributed by atoms with E-state index in [9.17, 15) is 0 Å². The number of aromatic nitrogens is 3. The zero-order valence-electron chi connectivity index (χ0n) is 14.9. The molecule has 0 radical (unpaired) electrons. The van der Waals surface area contributed by atoms with Gasteiger partial charge in [0.1, 0.15) is 11.9 Å². The molecule has 0 aliphatic carbocycles. The molecule has 1 aliphatic heterocycles. The number of nitrogens with zero attached hydrogens (tertiary/aromatic N) is 3. The normalized spacial score (nSPS) is 21.8. The van der Waals surface area contributed by atoms with Crippen LogP contribution in [-0.2, 0) is 17.2 Å². The Morgan fingerprint density at radius 1 is 1.29 bits per heavy atom. The van der Waals surface area contributed by atoms with Crippen LogP contribution in [0, 0.1) is 5.92 Å². The molecule has 0 saturated carbocycles. The lowest BCUT2D eigenvalue weighted by Gasteiger charge is -2.33. The van der Waals surface area contributed by atoms with E-state index in [-0.39, 0.29) is 11.5 Å². The highest BCUT2D eigenvalue weighted by Gasteiger charge is 2.30. The van der Waals surface area contributed by atoms with E-state index in [0.29, 0.717) is 5.92 Å². The Balaban J connectivity index is 1.59. The van der Waals surface area contributed by atoms with Gasteiger partial charge in [0, 0.05) is 62.4 Å². The summed E-state index contributed by atoms with van der Waals surface area (Å²) in [6.07, 6.45) is 8.09. The fourth-order valence-corrected chi connectivity index (χ4v) is 3.41. The fraction of sp³-hybridized carbons (Fsp3) is 0.579. The first kappa shape index (κ1) is 17.1. The Morgan fingerprint density at radius 2 is 2.17 bits per heavy atom. The van der Waals surface area contributed by atoms with Crippen LogP contribution < -0.4 is 5.32 Å². The zero-order chi connectivity index (χ0) is 17.0. The topological polar surface area (TPSA) is 52.0 Å². The highest BCUT2D eigenvalue weighted by atomic mass is 16.5. The Kier molecular flexibility index (Phi) is 5.31. The molecular weight excluding hydrogens is 300 g/mol. The Hall–Kier alpha value is -1.72. The Labute approximate surface area is 144 Å². The lowest BCUT2D eigenvalue weighted by atomic mass is 9.88. The van der Waals surface area contributed by atoms with Crippen LogP contribution in [0.3, 0.4) is 0 Å². The summed E-state index contributed by atoms with van der Waals surface area (Å²) in [6.45, 7) is 7.13. The molecule has 3 heterocycles. The van der Waals surface area contributed by atoms with Gasteiger partial charge in [0.05, 0.1) is 0 Å². The molecule has 3 rings (SSSR count). The van der Waals surface area contributed by atoms with Crippen molar-refractivity contribution in [3.63, 3.8) is 0 Å². The average molecular weight is 328 g/mol. The molecule has 2 aromatic heterocycles. The van der Waals surface area contributed by atoms with Gasteiger partial charge >= 0.3 is 0 Å². The maximum absolute atomic E-state index is 6.05. The van der Waals surface area contributed by atoms with E-state index in [2.05, 4.69) is 45.8 Å². The quantitative estimate of drug-likeness (QED) is 0.886. The van der Waals surface area contributed by atoms with E-state index in [1.54, 1.807) is 0 Å². The van der Waals surface area contributed by atoms with Gasteiger partial charge in [-0.15, -0.1) is 0 Å². The minimum Gasteiger partial charge on any atom is -0.370 e. The standard InChI is InChI=1S/C19H28N4O/c1-19(2,16-8-4-5-9-21-16)14-20-13-15-7-6-12-24-17(15)18-22-10-11-23(18)3/h4-5,8-11,15,17,20H,6-7,12-14H2,1-3H3/t15-,17+/m0/s1. The van der Waals surface area contributed by atoms with Crippen molar-refractivity contribution >= 4 is 0 Å². The minimum atomic E-state index is 0.00943. The van der Waals surface area contributed by atoms with Crippen LogP contribution in [0.15, 0.2) is 36.8 Å². The highest BCUT2D eigenvalue weighted by molar-refractivity contribution is 5.15. The average Bonchev–Trinajstić information content (AvgIpc) is 3.02. The number of nitrogens with one attached hydrogen (secondary N) is 1. The smallest absolute Gasteiger partial charge is 0.137 e. The van der Waals surface area contributed by atoms with Crippen molar-refractivity contribution in [3.8, 4) is 0 Å². The molecule has 0 aromatic carbocycles. The second kappa shape index (κ2) is 7.45. The van der Waals surface area contributed by atoms with E-state index in [0.717, 1.165) is 37.6 Å². The minimum absolute atomic E-state index is 0.00943. The molecule has 2 atom stereocenters. The summed E-state index contributed by atoms with van der Waals surface area (Å²) in [4.78, 5) is 9.00. The number of imidazole rings is 1. The summed E-state index contributed by atoms with van der Waals surface area (Å²) in [5, 5.41) is 3.65. The molecule has 0 bridgehead atoms. The van der Waals surface area contributed by atoms with Gasteiger partial charge in [-0.05, 0) is 25.0 Å². The number of ether oxygens (including phenoxy) is 1. The molecule has 1 saturated heterocycles. The third-order valence-corrected chi connectivity index (χ3v) is 4.89. The number of hydrogen-bond donors (Lipinski definition) is 1. The molecule has 24 heavy (non-hydrogen) atoms. The van der Waals surface area contributed by atoms with Gasteiger partial charge in [0.2, 0.25) is 0 Å². The van der Waals surface area contributed by atoms with E-state index < -0.39 is 0 Å². The zero-order valence-corrected chi connectivity index (χ0v) is 14.9. The van der Waals surface area contributed by atoms with Crippen molar-refractivity contribution in [3.05, 3.63) is 48.3 Å². The van der Waals surface area contributed by atoms with Crippen molar-refractivity contribution in [1.29, 1.82) is 0 Å². The van der Waals surface area contributed by atoms with Crippen LogP contribution in [0.25, 0.3) is 0 Å². The van der Waals surface area contributed by atoms with Crippen molar-refractivity contribution < 1.29 is 4.74 Å². The molecule has 2 aromatic rings. The SMILES string of the molecule is Cn1ccnc1[C@@H]1OCCC[C@H]1CNCC(C)(C)c1ccccn1. The molecule has 1 aliphatic rings. The van der Waals surface area contributed by atoms with Crippen LogP contribution in [0.2, 0.25) is 0 Å². The third-order valence-electron chi connectivity index (χ3n) is 4.89. The molecule has 1 fully saturated rings. The summed E-state index contributed by atoms with van der Waals surface area (Å²) in [5.74, 6) is 1.49. The molecule has 5 nitrogen and oxygen atoms in total. The van der Waals surface area contributed by atoms with E-state index in [4.69, 9.17) is 4.74 Å². The second-order valence-corrected chi connectivity index (χ2v) is 7.32. The van der Waals surface area contributed by atoms with Gasteiger partial charge < -0.3 is 14.6 Å². The summed E-state index contributed by atoms with van der Waals surface area (Å²) >= 11 is 0. The Morgan fingerprint density at radius 3 is 2.88 bits per heavy atom. The van der Waals surface area contributed by atoms with Crippen LogP contribution in [-0.4, -0.2) is 34.2 Å². The lowest BCUT2D eigenvalue weighted by Crippen LogP contribution is -2.39. The third kappa shape index (κ3) is 3.84. The summed E-state index contributed by atoms with van der Waals surface area (Å²) < 4.78 is 8.12. The van der Waals surface area contributed by atoms with Crippen molar-refractivity contribution in [2.45, 2.75) is 38.2 Å². The van der Waals surface area contributed by atoms with Gasteiger partial charge in [-0.2, -0.15) is 0 Å². The summed E-state index contributed by atoms with van der Waals surface area (Å²) in [5.41, 5.74) is 1.13. The first-order chi connectivity index (χ1) is 11.6. The summed E-state index contributed by atoms with van der Waals surface area (Å²) in [7, 11) is 2.04. The molecule has 0 spiro atoms. The lowest BCUT2D eigenvalue weighted by molar-refractivity contribution is -0.0345.